The molecular formula is C11H20N2S. The molecule has 1 aromatic rings. The lowest BCUT2D eigenvalue weighted by Crippen LogP contribution is -2.28. The van der Waals surface area contributed by atoms with E-state index in [9.17, 15) is 0 Å². The van der Waals surface area contributed by atoms with Gasteiger partial charge in [-0.2, -0.15) is 0 Å². The summed E-state index contributed by atoms with van der Waals surface area (Å²) in [7, 11) is 0. The van der Waals surface area contributed by atoms with Crippen LogP contribution in [0.4, 0.5) is 0 Å². The van der Waals surface area contributed by atoms with Gasteiger partial charge in [-0.25, -0.2) is 4.98 Å². The molecule has 2 nitrogen and oxygen atoms in total. The third-order valence-corrected chi connectivity index (χ3v) is 3.05. The second kappa shape index (κ2) is 5.47. The van der Waals surface area contributed by atoms with Crippen LogP contribution in [-0.2, 0) is 6.42 Å². The molecule has 0 fully saturated rings. The summed E-state index contributed by atoms with van der Waals surface area (Å²) in [6.07, 6.45) is 1.10. The summed E-state index contributed by atoms with van der Waals surface area (Å²) in [6, 6.07) is 0.579. The minimum Gasteiger partial charge on any atom is -0.314 e. The monoisotopic (exact) mass is 212 g/mol. The van der Waals surface area contributed by atoms with Crippen LogP contribution in [0, 0.1) is 12.8 Å². The fourth-order valence-corrected chi connectivity index (χ4v) is 2.24. The van der Waals surface area contributed by atoms with Gasteiger partial charge < -0.3 is 5.32 Å². The molecule has 80 valence electrons. The highest BCUT2D eigenvalue weighted by atomic mass is 32.1. The van der Waals surface area contributed by atoms with Gasteiger partial charge in [-0.3, -0.25) is 0 Å². The molecule has 0 aliphatic carbocycles. The van der Waals surface area contributed by atoms with Gasteiger partial charge in [0.15, 0.2) is 0 Å². The van der Waals surface area contributed by atoms with E-state index in [0.717, 1.165) is 18.7 Å². The SMILES string of the molecule is Cc1csc(CC(C)CNC(C)C)n1. The van der Waals surface area contributed by atoms with Crippen LogP contribution in [0.15, 0.2) is 5.38 Å². The van der Waals surface area contributed by atoms with Gasteiger partial charge >= 0.3 is 0 Å². The van der Waals surface area contributed by atoms with Crippen molar-refractivity contribution in [1.82, 2.24) is 10.3 Å². The van der Waals surface area contributed by atoms with Crippen LogP contribution >= 0.6 is 11.3 Å². The molecular weight excluding hydrogens is 192 g/mol. The second-order valence-electron chi connectivity index (χ2n) is 4.25. The molecule has 3 heteroatoms. The average Bonchev–Trinajstić information content (AvgIpc) is 2.48. The summed E-state index contributed by atoms with van der Waals surface area (Å²) in [5, 5.41) is 6.84. The molecule has 0 saturated heterocycles. The number of nitrogens with one attached hydrogen (secondary N) is 1. The Labute approximate surface area is 90.8 Å². The molecule has 14 heavy (non-hydrogen) atoms. The number of hydrogen-bond acceptors (Lipinski definition) is 3. The molecule has 0 amide bonds. The molecule has 0 bridgehead atoms. The molecule has 0 aliphatic heterocycles. The standard InChI is InChI=1S/C11H20N2S/c1-8(2)12-6-9(3)5-11-13-10(4)7-14-11/h7-9,12H,5-6H2,1-4H3. The van der Waals surface area contributed by atoms with Crippen molar-refractivity contribution in [2.24, 2.45) is 5.92 Å². The molecule has 1 rings (SSSR count). The van der Waals surface area contributed by atoms with Crippen LogP contribution in [0.25, 0.3) is 0 Å². The van der Waals surface area contributed by atoms with Crippen LogP contribution in [0.5, 0.6) is 0 Å². The number of thiazole rings is 1. The van der Waals surface area contributed by atoms with Crippen molar-refractivity contribution in [3.8, 4) is 0 Å². The summed E-state index contributed by atoms with van der Waals surface area (Å²) in [4.78, 5) is 4.47. The normalized spacial score (nSPS) is 13.5. The molecule has 1 N–H and O–H groups in total. The van der Waals surface area contributed by atoms with E-state index in [1.165, 1.54) is 5.01 Å². The van der Waals surface area contributed by atoms with Gasteiger partial charge in [-0.05, 0) is 19.4 Å². The highest BCUT2D eigenvalue weighted by Gasteiger charge is 2.06. The first kappa shape index (κ1) is 11.7. The highest BCUT2D eigenvalue weighted by molar-refractivity contribution is 7.09. The first-order valence-corrected chi connectivity index (χ1v) is 6.10. The lowest BCUT2D eigenvalue weighted by molar-refractivity contribution is 0.475. The minimum absolute atomic E-state index is 0.579. The molecule has 1 unspecified atom stereocenters. The Kier molecular flexibility index (Phi) is 4.55. The van der Waals surface area contributed by atoms with E-state index in [1.807, 2.05) is 0 Å². The van der Waals surface area contributed by atoms with Gasteiger partial charge in [0.05, 0.1) is 5.01 Å². The van der Waals surface area contributed by atoms with E-state index < -0.39 is 0 Å². The number of hydrogen-bond donors (Lipinski definition) is 1. The molecule has 0 spiro atoms. The van der Waals surface area contributed by atoms with Crippen molar-refractivity contribution in [2.75, 3.05) is 6.54 Å². The van der Waals surface area contributed by atoms with Gasteiger partial charge in [-0.15, -0.1) is 11.3 Å². The average molecular weight is 212 g/mol. The topological polar surface area (TPSA) is 24.9 Å². The first-order valence-electron chi connectivity index (χ1n) is 5.22. The van der Waals surface area contributed by atoms with Crippen molar-refractivity contribution in [3.63, 3.8) is 0 Å². The van der Waals surface area contributed by atoms with E-state index >= 15 is 0 Å². The Bertz CT molecular complexity index is 268. The maximum absolute atomic E-state index is 4.47. The van der Waals surface area contributed by atoms with E-state index in [-0.39, 0.29) is 0 Å². The molecule has 0 aromatic carbocycles. The Morgan fingerprint density at radius 1 is 1.43 bits per heavy atom. The van der Waals surface area contributed by atoms with Crippen LogP contribution in [0.2, 0.25) is 0 Å². The maximum Gasteiger partial charge on any atom is 0.0931 e. The zero-order valence-corrected chi connectivity index (χ0v) is 10.3. The van der Waals surface area contributed by atoms with E-state index in [4.69, 9.17) is 0 Å². The molecule has 1 aromatic heterocycles. The van der Waals surface area contributed by atoms with Crippen LogP contribution in [0.1, 0.15) is 31.5 Å². The number of nitrogens with zero attached hydrogens (tertiary/aromatic N) is 1. The summed E-state index contributed by atoms with van der Waals surface area (Å²) in [6.45, 7) is 9.76. The molecule has 1 atom stereocenters. The molecule has 0 radical (unpaired) electrons. The van der Waals surface area contributed by atoms with E-state index in [0.29, 0.717) is 12.0 Å². The summed E-state index contributed by atoms with van der Waals surface area (Å²) in [5.74, 6) is 0.669. The fourth-order valence-electron chi connectivity index (χ4n) is 1.30. The maximum atomic E-state index is 4.47. The van der Waals surface area contributed by atoms with E-state index in [2.05, 4.69) is 43.4 Å². The Morgan fingerprint density at radius 3 is 2.64 bits per heavy atom. The van der Waals surface area contributed by atoms with Crippen molar-refractivity contribution in [3.05, 3.63) is 16.1 Å². The predicted octanol–water partition coefficient (Wildman–Crippen LogP) is 2.63. The third-order valence-electron chi connectivity index (χ3n) is 2.06. The number of rotatable bonds is 5. The zero-order valence-electron chi connectivity index (χ0n) is 9.50. The third kappa shape index (κ3) is 4.20. The first-order chi connectivity index (χ1) is 6.58. The fraction of sp³-hybridized carbons (Fsp3) is 0.727. The molecule has 0 aliphatic rings. The number of aromatic nitrogens is 1. The Morgan fingerprint density at radius 2 is 2.14 bits per heavy atom. The summed E-state index contributed by atoms with van der Waals surface area (Å²) < 4.78 is 0. The van der Waals surface area contributed by atoms with Crippen molar-refractivity contribution in [1.29, 1.82) is 0 Å². The minimum atomic E-state index is 0.579. The van der Waals surface area contributed by atoms with Gasteiger partial charge in [0.1, 0.15) is 0 Å². The summed E-state index contributed by atoms with van der Waals surface area (Å²) in [5.41, 5.74) is 1.15. The van der Waals surface area contributed by atoms with Crippen molar-refractivity contribution < 1.29 is 0 Å². The largest absolute Gasteiger partial charge is 0.314 e. The van der Waals surface area contributed by atoms with Gasteiger partial charge in [0, 0.05) is 23.5 Å². The Balaban J connectivity index is 2.30. The lowest BCUT2D eigenvalue weighted by Gasteiger charge is -2.13. The lowest BCUT2D eigenvalue weighted by atomic mass is 10.1. The van der Waals surface area contributed by atoms with Crippen LogP contribution in [0.3, 0.4) is 0 Å². The highest BCUT2D eigenvalue weighted by Crippen LogP contribution is 2.13. The number of aryl methyl sites for hydroxylation is 1. The van der Waals surface area contributed by atoms with E-state index in [1.54, 1.807) is 11.3 Å². The van der Waals surface area contributed by atoms with Crippen molar-refractivity contribution in [2.45, 2.75) is 40.2 Å². The van der Waals surface area contributed by atoms with Gasteiger partial charge in [0.2, 0.25) is 0 Å². The van der Waals surface area contributed by atoms with Crippen LogP contribution in [-0.4, -0.2) is 17.6 Å². The van der Waals surface area contributed by atoms with Crippen LogP contribution < -0.4 is 5.32 Å². The summed E-state index contributed by atoms with van der Waals surface area (Å²) >= 11 is 1.77. The molecule has 1 heterocycles. The predicted molar refractivity (Wildman–Crippen MR) is 62.9 cm³/mol. The second-order valence-corrected chi connectivity index (χ2v) is 5.20. The smallest absolute Gasteiger partial charge is 0.0931 e. The Hall–Kier alpha value is -0.410. The van der Waals surface area contributed by atoms with Gasteiger partial charge in [-0.1, -0.05) is 20.8 Å². The quantitative estimate of drug-likeness (QED) is 0.811. The zero-order chi connectivity index (χ0) is 10.6. The van der Waals surface area contributed by atoms with Crippen molar-refractivity contribution >= 4 is 11.3 Å². The van der Waals surface area contributed by atoms with Gasteiger partial charge in [0.25, 0.3) is 0 Å². The molecule has 0 saturated carbocycles.